The Morgan fingerprint density at radius 2 is 1.68 bits per heavy atom. The molecule has 3 atom stereocenters. The number of rotatable bonds is 1. The Labute approximate surface area is 126 Å². The summed E-state index contributed by atoms with van der Waals surface area (Å²) < 4.78 is 5.65. The molecular formula is C16H16O6. The first-order chi connectivity index (χ1) is 10.4. The summed E-state index contributed by atoms with van der Waals surface area (Å²) in [4.78, 5) is 0. The van der Waals surface area contributed by atoms with Gasteiger partial charge in [-0.25, -0.2) is 0 Å². The Morgan fingerprint density at radius 1 is 0.955 bits per heavy atom. The third-order valence-corrected chi connectivity index (χ3v) is 3.84. The first-order valence-electron chi connectivity index (χ1n) is 6.76. The normalized spacial score (nSPS) is 23.7. The fraction of sp³-hybridized carbons (Fsp3) is 0.250. The predicted octanol–water partition coefficient (Wildman–Crippen LogP) is 1.64. The molecule has 0 fully saturated rings. The molecule has 22 heavy (non-hydrogen) atoms. The smallest absolute Gasteiger partial charge is 0.152 e. The Morgan fingerprint density at radius 3 is 2.36 bits per heavy atom. The summed E-state index contributed by atoms with van der Waals surface area (Å²) in [5.41, 5.74) is 1.21. The Bertz CT molecular complexity index is 727. The van der Waals surface area contributed by atoms with Crippen molar-refractivity contribution >= 4 is 0 Å². The van der Waals surface area contributed by atoms with Crippen LogP contribution in [0, 0.1) is 6.92 Å². The quantitative estimate of drug-likeness (QED) is 0.548. The minimum atomic E-state index is -1.36. The second kappa shape index (κ2) is 5.08. The largest absolute Gasteiger partial charge is 0.508 e. The van der Waals surface area contributed by atoms with Crippen molar-refractivity contribution in [3.05, 3.63) is 47.0 Å². The van der Waals surface area contributed by atoms with Crippen LogP contribution >= 0.6 is 0 Å². The van der Waals surface area contributed by atoms with Gasteiger partial charge < -0.3 is 30.3 Å². The third kappa shape index (κ3) is 2.22. The average molecular weight is 304 g/mol. The second-order valence-electron chi connectivity index (χ2n) is 5.40. The maximum Gasteiger partial charge on any atom is 0.152 e. The molecule has 5 N–H and O–H groups in total. The molecule has 0 aliphatic carbocycles. The summed E-state index contributed by atoms with van der Waals surface area (Å²) >= 11 is 0. The lowest BCUT2D eigenvalue weighted by molar-refractivity contribution is -0.0710. The summed E-state index contributed by atoms with van der Waals surface area (Å²) in [7, 11) is 0. The van der Waals surface area contributed by atoms with Gasteiger partial charge in [-0.15, -0.1) is 0 Å². The average Bonchev–Trinajstić information content (AvgIpc) is 2.45. The van der Waals surface area contributed by atoms with Crippen molar-refractivity contribution < 1.29 is 30.3 Å². The highest BCUT2D eigenvalue weighted by Crippen LogP contribution is 2.46. The lowest BCUT2D eigenvalue weighted by Crippen LogP contribution is -2.34. The Kier molecular flexibility index (Phi) is 3.35. The molecule has 1 heterocycles. The molecule has 6 nitrogen and oxygen atoms in total. The zero-order valence-electron chi connectivity index (χ0n) is 11.8. The number of aliphatic hydroxyl groups is 2. The highest BCUT2D eigenvalue weighted by atomic mass is 16.5. The van der Waals surface area contributed by atoms with Crippen LogP contribution in [0.3, 0.4) is 0 Å². The van der Waals surface area contributed by atoms with Crippen LogP contribution in [0.2, 0.25) is 0 Å². The zero-order chi connectivity index (χ0) is 16.0. The number of aliphatic hydroxyl groups excluding tert-OH is 2. The zero-order valence-corrected chi connectivity index (χ0v) is 11.8. The van der Waals surface area contributed by atoms with Crippen LogP contribution in [0.5, 0.6) is 23.0 Å². The van der Waals surface area contributed by atoms with Crippen LogP contribution in [0.25, 0.3) is 0 Å². The van der Waals surface area contributed by atoms with E-state index in [4.69, 9.17) is 4.74 Å². The molecule has 0 radical (unpaired) electrons. The first kappa shape index (κ1) is 14.5. The Hall–Kier alpha value is -2.44. The molecule has 1 aliphatic heterocycles. The molecule has 0 saturated carbocycles. The van der Waals surface area contributed by atoms with Gasteiger partial charge >= 0.3 is 0 Å². The van der Waals surface area contributed by atoms with Crippen molar-refractivity contribution in [1.29, 1.82) is 0 Å². The maximum atomic E-state index is 10.3. The van der Waals surface area contributed by atoms with Gasteiger partial charge in [-0.1, -0.05) is 6.07 Å². The van der Waals surface area contributed by atoms with Gasteiger partial charge in [0.1, 0.15) is 35.2 Å². The third-order valence-electron chi connectivity index (χ3n) is 3.84. The van der Waals surface area contributed by atoms with Crippen LogP contribution in [-0.4, -0.2) is 31.6 Å². The van der Waals surface area contributed by atoms with E-state index in [2.05, 4.69) is 0 Å². The monoisotopic (exact) mass is 304 g/mol. The minimum absolute atomic E-state index is 0.0389. The van der Waals surface area contributed by atoms with Crippen LogP contribution in [0.15, 0.2) is 30.3 Å². The molecular weight excluding hydrogens is 288 g/mol. The van der Waals surface area contributed by atoms with Crippen LogP contribution in [0.4, 0.5) is 0 Å². The molecule has 0 saturated heterocycles. The topological polar surface area (TPSA) is 110 Å². The van der Waals surface area contributed by atoms with E-state index < -0.39 is 18.3 Å². The van der Waals surface area contributed by atoms with Crippen molar-refractivity contribution in [2.45, 2.75) is 25.2 Å². The van der Waals surface area contributed by atoms with Crippen LogP contribution in [-0.2, 0) is 0 Å². The molecule has 0 amide bonds. The number of ether oxygens (including phenoxy) is 1. The van der Waals surface area contributed by atoms with Gasteiger partial charge in [0.05, 0.1) is 5.56 Å². The van der Waals surface area contributed by atoms with E-state index >= 15 is 0 Å². The van der Waals surface area contributed by atoms with E-state index in [1.165, 1.54) is 12.1 Å². The molecule has 0 spiro atoms. The van der Waals surface area contributed by atoms with Gasteiger partial charge in [0.25, 0.3) is 0 Å². The van der Waals surface area contributed by atoms with Gasteiger partial charge in [-0.3, -0.25) is 0 Å². The van der Waals surface area contributed by atoms with Crippen molar-refractivity contribution in [2.24, 2.45) is 0 Å². The standard InChI is InChI=1S/C16H16O6/c1-7-4-8(2-3-10(7)18)16-15(21)14(20)13-11(19)5-9(17)6-12(13)22-16/h2-6,14-21H,1H3/t14-,15-,16-/m1/s1. The number of phenols is 3. The molecule has 3 rings (SSSR count). The van der Waals surface area contributed by atoms with Gasteiger partial charge in [0.2, 0.25) is 0 Å². The molecule has 116 valence electrons. The highest BCUT2D eigenvalue weighted by Gasteiger charge is 2.39. The SMILES string of the molecule is Cc1cc([C@H]2Oc3cc(O)cc(O)c3[C@@H](O)[C@H]2O)ccc1O. The van der Waals surface area contributed by atoms with Crippen molar-refractivity contribution in [1.82, 2.24) is 0 Å². The lowest BCUT2D eigenvalue weighted by atomic mass is 9.91. The van der Waals surface area contributed by atoms with E-state index in [1.807, 2.05) is 0 Å². The number of aromatic hydroxyl groups is 3. The molecule has 0 unspecified atom stereocenters. The minimum Gasteiger partial charge on any atom is -0.508 e. The molecule has 1 aliphatic rings. The molecule has 2 aromatic rings. The lowest BCUT2D eigenvalue weighted by Gasteiger charge is -2.35. The summed E-state index contributed by atoms with van der Waals surface area (Å²) in [6.45, 7) is 1.70. The van der Waals surface area contributed by atoms with E-state index in [0.29, 0.717) is 11.1 Å². The van der Waals surface area contributed by atoms with Gasteiger partial charge in [0, 0.05) is 12.1 Å². The highest BCUT2D eigenvalue weighted by molar-refractivity contribution is 5.53. The fourth-order valence-corrected chi connectivity index (χ4v) is 2.66. The van der Waals surface area contributed by atoms with E-state index in [0.717, 1.165) is 6.07 Å². The van der Waals surface area contributed by atoms with Gasteiger partial charge in [-0.2, -0.15) is 0 Å². The summed E-state index contributed by atoms with van der Waals surface area (Å²) in [5, 5.41) is 49.4. The maximum absolute atomic E-state index is 10.3. The number of hydrogen-bond acceptors (Lipinski definition) is 6. The Balaban J connectivity index is 2.06. The summed E-state index contributed by atoms with van der Waals surface area (Å²) in [6, 6.07) is 7.04. The molecule has 0 bridgehead atoms. The number of aryl methyl sites for hydroxylation is 1. The molecule has 6 heteroatoms. The van der Waals surface area contributed by atoms with E-state index in [9.17, 15) is 25.5 Å². The van der Waals surface area contributed by atoms with Crippen molar-refractivity contribution in [3.8, 4) is 23.0 Å². The van der Waals surface area contributed by atoms with E-state index in [-0.39, 0.29) is 28.6 Å². The number of phenolic OH excluding ortho intramolecular Hbond substituents is 3. The number of fused-ring (bicyclic) bond motifs is 1. The summed E-state index contributed by atoms with van der Waals surface area (Å²) in [5.74, 6) is -0.335. The number of hydrogen-bond donors (Lipinski definition) is 5. The van der Waals surface area contributed by atoms with Gasteiger partial charge in [0.15, 0.2) is 6.10 Å². The predicted molar refractivity (Wildman–Crippen MR) is 77.0 cm³/mol. The number of benzene rings is 2. The fourth-order valence-electron chi connectivity index (χ4n) is 2.66. The van der Waals surface area contributed by atoms with Crippen LogP contribution < -0.4 is 4.74 Å². The first-order valence-corrected chi connectivity index (χ1v) is 6.76. The molecule has 0 aromatic heterocycles. The van der Waals surface area contributed by atoms with E-state index in [1.54, 1.807) is 19.1 Å². The second-order valence-corrected chi connectivity index (χ2v) is 5.40. The molecule has 2 aromatic carbocycles. The van der Waals surface area contributed by atoms with Crippen molar-refractivity contribution in [3.63, 3.8) is 0 Å². The van der Waals surface area contributed by atoms with Gasteiger partial charge in [-0.05, 0) is 30.2 Å². The summed E-state index contributed by atoms with van der Waals surface area (Å²) in [6.07, 6.45) is -3.54. The van der Waals surface area contributed by atoms with Crippen LogP contribution in [0.1, 0.15) is 28.9 Å². The van der Waals surface area contributed by atoms with Crippen molar-refractivity contribution in [2.75, 3.05) is 0 Å².